The molecular weight excluding hydrogens is 654 g/mol. The summed E-state index contributed by atoms with van der Waals surface area (Å²) >= 11 is 0. The molecule has 0 aliphatic rings. The summed E-state index contributed by atoms with van der Waals surface area (Å²) in [6.07, 6.45) is 0.933. The topological polar surface area (TPSA) is 317 Å². The van der Waals surface area contributed by atoms with Gasteiger partial charge < -0.3 is 59.2 Å². The molecule has 0 aliphatic heterocycles. The fraction of sp³-hybridized carbons (Fsp3) is 0.594. The largest absolute Gasteiger partial charge is 0.508 e. The van der Waals surface area contributed by atoms with Crippen LogP contribution >= 0.6 is 0 Å². The quantitative estimate of drug-likeness (QED) is 0.0257. The van der Waals surface area contributed by atoms with Crippen LogP contribution in [0.15, 0.2) is 29.3 Å². The molecule has 280 valence electrons. The zero-order chi connectivity index (χ0) is 37.8. The number of aliphatic carboxylic acids is 1. The van der Waals surface area contributed by atoms with Crippen molar-refractivity contribution in [3.8, 4) is 5.75 Å². The van der Waals surface area contributed by atoms with Gasteiger partial charge in [-0.05, 0) is 68.7 Å². The molecule has 0 radical (unpaired) electrons. The third-order valence-corrected chi connectivity index (χ3v) is 7.59. The Labute approximate surface area is 291 Å². The average Bonchev–Trinajstić information content (AvgIpc) is 3.06. The highest BCUT2D eigenvalue weighted by molar-refractivity contribution is 5.95. The first-order valence-electron chi connectivity index (χ1n) is 16.4. The SMILES string of the molecule is COC(=O)C(Cc1ccc(O)cc1)NC(=O)C(NC(=O)C(CCC(=O)O)NC(=O)C(CCCCN)NC(=O)C(N)CCCN=C(N)N)C(C)C. The van der Waals surface area contributed by atoms with Crippen LogP contribution in [0.1, 0.15) is 64.4 Å². The average molecular weight is 708 g/mol. The van der Waals surface area contributed by atoms with Gasteiger partial charge in [0.05, 0.1) is 13.2 Å². The molecule has 0 spiro atoms. The number of unbranched alkanes of at least 4 members (excludes halogenated alkanes) is 1. The van der Waals surface area contributed by atoms with E-state index in [1.807, 2.05) is 0 Å². The number of nitrogens with one attached hydrogen (secondary N) is 4. The van der Waals surface area contributed by atoms with Gasteiger partial charge in [-0.3, -0.25) is 29.0 Å². The second-order valence-corrected chi connectivity index (χ2v) is 12.1. The van der Waals surface area contributed by atoms with E-state index in [2.05, 4.69) is 26.3 Å². The number of aliphatic imine (C=N–C) groups is 1. The van der Waals surface area contributed by atoms with Crippen LogP contribution in [0.25, 0.3) is 0 Å². The number of phenolic OH excluding ortho intramolecular Hbond substituents is 1. The number of guanidine groups is 1. The Hall–Kier alpha value is -4.97. The van der Waals surface area contributed by atoms with E-state index in [0.717, 1.165) is 7.11 Å². The first-order chi connectivity index (χ1) is 23.6. The lowest BCUT2D eigenvalue weighted by Gasteiger charge is -2.28. The number of rotatable bonds is 23. The molecule has 5 atom stereocenters. The Kier molecular flexibility index (Phi) is 19.5. The smallest absolute Gasteiger partial charge is 0.328 e. The van der Waals surface area contributed by atoms with E-state index < -0.39 is 78.1 Å². The number of carboxylic acids is 1. The van der Waals surface area contributed by atoms with Gasteiger partial charge in [0.15, 0.2) is 5.96 Å². The summed E-state index contributed by atoms with van der Waals surface area (Å²) in [4.78, 5) is 81.1. The van der Waals surface area contributed by atoms with Crippen molar-refractivity contribution in [1.29, 1.82) is 0 Å². The van der Waals surface area contributed by atoms with Gasteiger partial charge in [0.25, 0.3) is 0 Å². The molecule has 18 nitrogen and oxygen atoms in total. The molecule has 14 N–H and O–H groups in total. The Morgan fingerprint density at radius 3 is 1.94 bits per heavy atom. The first kappa shape index (κ1) is 43.1. The minimum absolute atomic E-state index is 0.0170. The van der Waals surface area contributed by atoms with Crippen LogP contribution in [0.2, 0.25) is 0 Å². The molecule has 0 aliphatic carbocycles. The van der Waals surface area contributed by atoms with Crippen molar-refractivity contribution >= 4 is 41.5 Å². The number of carbonyl (C=O) groups is 6. The van der Waals surface area contributed by atoms with Gasteiger partial charge in [0, 0.05) is 19.4 Å². The van der Waals surface area contributed by atoms with Crippen LogP contribution in [0.3, 0.4) is 0 Å². The third-order valence-electron chi connectivity index (χ3n) is 7.59. The number of carboxylic acid groups (broad SMARTS) is 1. The molecule has 0 fully saturated rings. The monoisotopic (exact) mass is 707 g/mol. The number of hydrogen-bond acceptors (Lipinski definition) is 11. The predicted molar refractivity (Wildman–Crippen MR) is 184 cm³/mol. The van der Waals surface area contributed by atoms with Gasteiger partial charge in [0.1, 0.15) is 29.9 Å². The standard InChI is InChI=1S/C32H53N9O9/c1-18(2)26(30(48)40-24(31(49)50-3)17-19-9-11-20(42)12-10-19)41-29(47)23(13-14-25(43)44)39-28(46)22(8-4-5-15-33)38-27(45)21(34)7-6-16-37-32(35)36/h9-12,18,21-24,26,42H,4-8,13-17,33-34H2,1-3H3,(H,38,45)(H,39,46)(H,40,48)(H,41,47)(H,43,44)(H4,35,36,37). The van der Waals surface area contributed by atoms with Gasteiger partial charge in [-0.2, -0.15) is 0 Å². The highest BCUT2D eigenvalue weighted by atomic mass is 16.5. The molecule has 1 aromatic carbocycles. The second kappa shape index (κ2) is 22.6. The van der Waals surface area contributed by atoms with Crippen LogP contribution in [-0.2, 0) is 39.9 Å². The maximum Gasteiger partial charge on any atom is 0.328 e. The molecule has 0 saturated heterocycles. The number of amides is 4. The number of phenols is 1. The van der Waals surface area contributed by atoms with Crippen LogP contribution in [0.4, 0.5) is 0 Å². The summed E-state index contributed by atoms with van der Waals surface area (Å²) in [6, 6.07) is 0.0953. The Morgan fingerprint density at radius 2 is 1.38 bits per heavy atom. The lowest BCUT2D eigenvalue weighted by molar-refractivity contribution is -0.145. The summed E-state index contributed by atoms with van der Waals surface area (Å²) < 4.78 is 4.85. The number of nitrogens with two attached hydrogens (primary N) is 4. The molecule has 50 heavy (non-hydrogen) atoms. The minimum atomic E-state index is -1.41. The molecule has 1 aromatic rings. The number of esters is 1. The van der Waals surface area contributed by atoms with Crippen molar-refractivity contribution in [1.82, 2.24) is 21.3 Å². The van der Waals surface area contributed by atoms with Gasteiger partial charge in [-0.1, -0.05) is 26.0 Å². The van der Waals surface area contributed by atoms with E-state index in [9.17, 15) is 39.0 Å². The highest BCUT2D eigenvalue weighted by Crippen LogP contribution is 2.13. The fourth-order valence-electron chi connectivity index (χ4n) is 4.75. The molecule has 1 rings (SSSR count). The van der Waals surface area contributed by atoms with E-state index in [1.165, 1.54) is 12.1 Å². The van der Waals surface area contributed by atoms with E-state index in [1.54, 1.807) is 26.0 Å². The summed E-state index contributed by atoms with van der Waals surface area (Å²) in [5.74, 6) is -5.55. The summed E-state index contributed by atoms with van der Waals surface area (Å²) in [5.41, 5.74) is 22.8. The number of aromatic hydroxyl groups is 1. The third kappa shape index (κ3) is 16.4. The first-order valence-corrected chi connectivity index (χ1v) is 16.4. The van der Waals surface area contributed by atoms with E-state index in [-0.39, 0.29) is 43.9 Å². The van der Waals surface area contributed by atoms with E-state index in [4.69, 9.17) is 27.7 Å². The van der Waals surface area contributed by atoms with Crippen molar-refractivity contribution in [3.05, 3.63) is 29.8 Å². The number of nitrogens with zero attached hydrogens (tertiary/aromatic N) is 1. The van der Waals surface area contributed by atoms with E-state index >= 15 is 0 Å². The molecule has 18 heteroatoms. The summed E-state index contributed by atoms with van der Waals surface area (Å²) in [6.45, 7) is 3.88. The molecule has 4 amide bonds. The highest BCUT2D eigenvalue weighted by Gasteiger charge is 2.33. The van der Waals surface area contributed by atoms with Gasteiger partial charge in [0.2, 0.25) is 23.6 Å². The van der Waals surface area contributed by atoms with Gasteiger partial charge in [-0.15, -0.1) is 0 Å². The number of carbonyl (C=O) groups excluding carboxylic acids is 5. The Morgan fingerprint density at radius 1 is 0.800 bits per heavy atom. The van der Waals surface area contributed by atoms with Crippen LogP contribution in [-0.4, -0.2) is 102 Å². The number of hydrogen-bond donors (Lipinski definition) is 10. The lowest BCUT2D eigenvalue weighted by atomic mass is 10.00. The fourth-order valence-corrected chi connectivity index (χ4v) is 4.75. The lowest BCUT2D eigenvalue weighted by Crippen LogP contribution is -2.59. The predicted octanol–water partition coefficient (Wildman–Crippen LogP) is -1.92. The Bertz CT molecular complexity index is 1300. The van der Waals surface area contributed by atoms with Gasteiger partial charge in [-0.25, -0.2) is 4.79 Å². The molecule has 0 bridgehead atoms. The Balaban J connectivity index is 3.14. The van der Waals surface area contributed by atoms with Gasteiger partial charge >= 0.3 is 11.9 Å². The van der Waals surface area contributed by atoms with Crippen LogP contribution < -0.4 is 44.2 Å². The minimum Gasteiger partial charge on any atom is -0.508 e. The maximum absolute atomic E-state index is 13.6. The second-order valence-electron chi connectivity index (χ2n) is 12.1. The van der Waals surface area contributed by atoms with Crippen molar-refractivity contribution in [2.24, 2.45) is 33.8 Å². The molecule has 0 saturated carbocycles. The summed E-state index contributed by atoms with van der Waals surface area (Å²) in [7, 11) is 1.16. The van der Waals surface area contributed by atoms with E-state index in [0.29, 0.717) is 31.4 Å². The van der Waals surface area contributed by atoms with Crippen LogP contribution in [0, 0.1) is 5.92 Å². The normalized spacial score (nSPS) is 13.9. The van der Waals surface area contributed by atoms with Crippen molar-refractivity contribution < 1.29 is 43.7 Å². The van der Waals surface area contributed by atoms with Crippen molar-refractivity contribution in [2.75, 3.05) is 20.2 Å². The molecule has 0 aromatic heterocycles. The van der Waals surface area contributed by atoms with Crippen molar-refractivity contribution in [3.63, 3.8) is 0 Å². The number of methoxy groups -OCH3 is 1. The van der Waals surface area contributed by atoms with Crippen LogP contribution in [0.5, 0.6) is 5.75 Å². The number of ether oxygens (including phenoxy) is 1. The molecular formula is C32H53N9O9. The molecule has 0 heterocycles. The zero-order valence-corrected chi connectivity index (χ0v) is 28.9. The molecule has 5 unspecified atom stereocenters. The maximum atomic E-state index is 13.6. The number of benzene rings is 1. The van der Waals surface area contributed by atoms with Crippen molar-refractivity contribution in [2.45, 2.75) is 95.4 Å². The zero-order valence-electron chi connectivity index (χ0n) is 28.9. The summed E-state index contributed by atoms with van der Waals surface area (Å²) in [5, 5.41) is 29.2.